The molecule has 0 amide bonds. The first-order valence-electron chi connectivity index (χ1n) is 5.71. The molecule has 0 aromatic carbocycles. The molecule has 2 aromatic heterocycles. The molecule has 0 atom stereocenters. The van der Waals surface area contributed by atoms with E-state index in [0.717, 1.165) is 17.9 Å². The molecule has 4 heteroatoms. The maximum Gasteiger partial charge on any atom is 0.251 e. The summed E-state index contributed by atoms with van der Waals surface area (Å²) in [6.07, 6.45) is 0.788. The van der Waals surface area contributed by atoms with Gasteiger partial charge < -0.3 is 9.40 Å². The van der Waals surface area contributed by atoms with Gasteiger partial charge in [0.1, 0.15) is 5.76 Å². The Hall–Kier alpha value is -1.84. The number of furan rings is 1. The number of aryl methyl sites for hydroxylation is 1. The molecule has 4 nitrogen and oxygen atoms in total. The summed E-state index contributed by atoms with van der Waals surface area (Å²) in [7, 11) is 0. The molecule has 0 saturated heterocycles. The van der Waals surface area contributed by atoms with Gasteiger partial charge in [0.15, 0.2) is 11.6 Å². The van der Waals surface area contributed by atoms with Crippen molar-refractivity contribution in [3.8, 4) is 11.6 Å². The van der Waals surface area contributed by atoms with Crippen LogP contribution in [0.15, 0.2) is 27.4 Å². The molecule has 0 aliphatic rings. The Kier molecular flexibility index (Phi) is 3.13. The first kappa shape index (κ1) is 11.6. The van der Waals surface area contributed by atoms with E-state index in [2.05, 4.69) is 23.8 Å². The number of H-pyrrole nitrogens is 1. The summed E-state index contributed by atoms with van der Waals surface area (Å²) in [6.45, 7) is 6.05. The topological polar surface area (TPSA) is 58.9 Å². The molecule has 0 saturated carbocycles. The van der Waals surface area contributed by atoms with Crippen molar-refractivity contribution in [2.24, 2.45) is 5.92 Å². The Bertz CT molecular complexity index is 567. The molecule has 2 rings (SSSR count). The molecule has 0 bridgehead atoms. The van der Waals surface area contributed by atoms with Crippen LogP contribution in [0.3, 0.4) is 0 Å². The molecule has 0 fully saturated rings. The largest absolute Gasteiger partial charge is 0.458 e. The van der Waals surface area contributed by atoms with Gasteiger partial charge in [-0.2, -0.15) is 0 Å². The van der Waals surface area contributed by atoms with Crippen molar-refractivity contribution in [3.63, 3.8) is 0 Å². The first-order valence-corrected chi connectivity index (χ1v) is 5.71. The van der Waals surface area contributed by atoms with E-state index in [1.54, 1.807) is 6.07 Å². The highest BCUT2D eigenvalue weighted by molar-refractivity contribution is 5.46. The summed E-state index contributed by atoms with van der Waals surface area (Å²) in [5.74, 6) is 2.37. The van der Waals surface area contributed by atoms with Crippen LogP contribution in [-0.4, -0.2) is 9.97 Å². The van der Waals surface area contributed by atoms with Crippen LogP contribution in [0.1, 0.15) is 25.3 Å². The van der Waals surface area contributed by atoms with Crippen molar-refractivity contribution in [2.75, 3.05) is 0 Å². The number of nitrogens with zero attached hydrogens (tertiary/aromatic N) is 1. The highest BCUT2D eigenvalue weighted by Crippen LogP contribution is 2.17. The molecule has 0 unspecified atom stereocenters. The minimum Gasteiger partial charge on any atom is -0.458 e. The molecule has 17 heavy (non-hydrogen) atoms. The van der Waals surface area contributed by atoms with Gasteiger partial charge in [0.05, 0.1) is 0 Å². The van der Waals surface area contributed by atoms with E-state index in [1.165, 1.54) is 0 Å². The maximum atomic E-state index is 11.5. The normalized spacial score (nSPS) is 11.1. The molecular weight excluding hydrogens is 216 g/mol. The van der Waals surface area contributed by atoms with Gasteiger partial charge in [-0.25, -0.2) is 4.98 Å². The van der Waals surface area contributed by atoms with Crippen molar-refractivity contribution < 1.29 is 4.42 Å². The van der Waals surface area contributed by atoms with Gasteiger partial charge in [0.25, 0.3) is 5.56 Å². The number of hydrogen-bond acceptors (Lipinski definition) is 3. The summed E-state index contributed by atoms with van der Waals surface area (Å²) >= 11 is 0. The Morgan fingerprint density at radius 3 is 2.76 bits per heavy atom. The lowest BCUT2D eigenvalue weighted by molar-refractivity contribution is 0.542. The fourth-order valence-electron chi connectivity index (χ4n) is 1.71. The molecule has 0 radical (unpaired) electrons. The third kappa shape index (κ3) is 2.84. The minimum atomic E-state index is -0.139. The second kappa shape index (κ2) is 4.57. The van der Waals surface area contributed by atoms with Crippen molar-refractivity contribution in [3.05, 3.63) is 40.0 Å². The van der Waals surface area contributed by atoms with Crippen LogP contribution in [0.2, 0.25) is 0 Å². The number of aromatic amines is 1. The van der Waals surface area contributed by atoms with Crippen molar-refractivity contribution in [1.29, 1.82) is 0 Å². The van der Waals surface area contributed by atoms with Gasteiger partial charge in [-0.05, 0) is 31.4 Å². The van der Waals surface area contributed by atoms with Crippen LogP contribution < -0.4 is 5.56 Å². The lowest BCUT2D eigenvalue weighted by atomic mass is 10.1. The molecule has 2 heterocycles. The maximum absolute atomic E-state index is 11.5. The van der Waals surface area contributed by atoms with Crippen LogP contribution in [0.5, 0.6) is 0 Å². The van der Waals surface area contributed by atoms with Gasteiger partial charge in [-0.3, -0.25) is 4.79 Å². The van der Waals surface area contributed by atoms with Crippen LogP contribution in [-0.2, 0) is 6.42 Å². The van der Waals surface area contributed by atoms with Crippen molar-refractivity contribution >= 4 is 0 Å². The number of aromatic nitrogens is 2. The molecule has 0 aliphatic heterocycles. The SMILES string of the molecule is Cc1ccc(-c2nc(CC(C)C)cc(=O)[nH]2)o1. The van der Waals surface area contributed by atoms with E-state index < -0.39 is 0 Å². The number of hydrogen-bond donors (Lipinski definition) is 1. The van der Waals surface area contributed by atoms with E-state index in [4.69, 9.17) is 4.42 Å². The third-order valence-electron chi connectivity index (χ3n) is 2.39. The van der Waals surface area contributed by atoms with Crippen LogP contribution >= 0.6 is 0 Å². The summed E-state index contributed by atoms with van der Waals surface area (Å²) in [4.78, 5) is 18.6. The lowest BCUT2D eigenvalue weighted by Crippen LogP contribution is -2.11. The predicted molar refractivity (Wildman–Crippen MR) is 65.8 cm³/mol. The van der Waals surface area contributed by atoms with E-state index >= 15 is 0 Å². The quantitative estimate of drug-likeness (QED) is 0.884. The van der Waals surface area contributed by atoms with Gasteiger partial charge in [0.2, 0.25) is 0 Å². The zero-order valence-corrected chi connectivity index (χ0v) is 10.3. The average molecular weight is 232 g/mol. The Labute approximate surface area is 99.7 Å². The van der Waals surface area contributed by atoms with Gasteiger partial charge >= 0.3 is 0 Å². The molecule has 90 valence electrons. The van der Waals surface area contributed by atoms with Gasteiger partial charge in [0, 0.05) is 11.8 Å². The standard InChI is InChI=1S/C13H16N2O2/c1-8(2)6-10-7-12(16)15-13(14-10)11-5-4-9(3)17-11/h4-5,7-8H,6H2,1-3H3,(H,14,15,16). The lowest BCUT2D eigenvalue weighted by Gasteiger charge is -2.04. The summed E-state index contributed by atoms with van der Waals surface area (Å²) in [5, 5.41) is 0. The zero-order valence-electron chi connectivity index (χ0n) is 10.3. The highest BCUT2D eigenvalue weighted by atomic mass is 16.3. The minimum absolute atomic E-state index is 0.139. The molecule has 0 aliphatic carbocycles. The van der Waals surface area contributed by atoms with E-state index in [9.17, 15) is 4.79 Å². The summed E-state index contributed by atoms with van der Waals surface area (Å²) < 4.78 is 5.45. The monoisotopic (exact) mass is 232 g/mol. The number of rotatable bonds is 3. The second-order valence-corrected chi connectivity index (χ2v) is 4.59. The first-order chi connectivity index (χ1) is 8.04. The van der Waals surface area contributed by atoms with Crippen molar-refractivity contribution in [1.82, 2.24) is 9.97 Å². The smallest absolute Gasteiger partial charge is 0.251 e. The molecule has 0 spiro atoms. The Balaban J connectivity index is 2.41. The summed E-state index contributed by atoms with van der Waals surface area (Å²) in [6, 6.07) is 5.20. The molecule has 2 aromatic rings. The van der Waals surface area contributed by atoms with E-state index in [0.29, 0.717) is 17.5 Å². The van der Waals surface area contributed by atoms with E-state index in [-0.39, 0.29) is 5.56 Å². The number of nitrogens with one attached hydrogen (secondary N) is 1. The Morgan fingerprint density at radius 1 is 1.41 bits per heavy atom. The van der Waals surface area contributed by atoms with Crippen LogP contribution in [0, 0.1) is 12.8 Å². The van der Waals surface area contributed by atoms with Gasteiger partial charge in [-0.15, -0.1) is 0 Å². The van der Waals surface area contributed by atoms with Crippen LogP contribution in [0.4, 0.5) is 0 Å². The van der Waals surface area contributed by atoms with Gasteiger partial charge in [-0.1, -0.05) is 13.8 Å². The van der Waals surface area contributed by atoms with Crippen molar-refractivity contribution in [2.45, 2.75) is 27.2 Å². The zero-order chi connectivity index (χ0) is 12.4. The average Bonchev–Trinajstić information content (AvgIpc) is 2.62. The predicted octanol–water partition coefficient (Wildman–Crippen LogP) is 2.54. The fourth-order valence-corrected chi connectivity index (χ4v) is 1.71. The second-order valence-electron chi connectivity index (χ2n) is 4.59. The molecular formula is C13H16N2O2. The highest BCUT2D eigenvalue weighted by Gasteiger charge is 2.08. The summed E-state index contributed by atoms with van der Waals surface area (Å²) in [5.41, 5.74) is 0.660. The third-order valence-corrected chi connectivity index (χ3v) is 2.39. The molecule has 1 N–H and O–H groups in total. The van der Waals surface area contributed by atoms with Crippen LogP contribution in [0.25, 0.3) is 11.6 Å². The fraction of sp³-hybridized carbons (Fsp3) is 0.385. The Morgan fingerprint density at radius 2 is 2.18 bits per heavy atom. The van der Waals surface area contributed by atoms with E-state index in [1.807, 2.05) is 19.1 Å².